The molecule has 1 heterocycles. The lowest BCUT2D eigenvalue weighted by Crippen LogP contribution is -2.35. The summed E-state index contributed by atoms with van der Waals surface area (Å²) in [6.07, 6.45) is 1.31. The molecule has 2 N–H and O–H groups in total. The van der Waals surface area contributed by atoms with E-state index in [4.69, 9.17) is 5.73 Å². The van der Waals surface area contributed by atoms with Crippen LogP contribution in [0, 0.1) is 19.8 Å². The quantitative estimate of drug-likeness (QED) is 0.888. The fourth-order valence-corrected chi connectivity index (χ4v) is 3.23. The maximum Gasteiger partial charge on any atom is 0.0427 e. The van der Waals surface area contributed by atoms with Crippen LogP contribution in [0.5, 0.6) is 0 Å². The smallest absolute Gasteiger partial charge is 0.0427 e. The van der Waals surface area contributed by atoms with Gasteiger partial charge in [0, 0.05) is 25.2 Å². The molecule has 1 aliphatic heterocycles. The average Bonchev–Trinajstić information content (AvgIpc) is 2.57. The Kier molecular flexibility index (Phi) is 4.08. The number of rotatable bonds is 3. The molecule has 2 rings (SSSR count). The van der Waals surface area contributed by atoms with E-state index in [2.05, 4.69) is 50.8 Å². The molecule has 0 radical (unpaired) electrons. The van der Waals surface area contributed by atoms with Crippen molar-refractivity contribution < 1.29 is 0 Å². The van der Waals surface area contributed by atoms with Gasteiger partial charge in [0.05, 0.1) is 0 Å². The summed E-state index contributed by atoms with van der Waals surface area (Å²) in [5.41, 5.74) is 10.3. The van der Waals surface area contributed by atoms with Crippen molar-refractivity contribution >= 4 is 0 Å². The van der Waals surface area contributed by atoms with Gasteiger partial charge in [-0.25, -0.2) is 0 Å². The van der Waals surface area contributed by atoms with Gasteiger partial charge < -0.3 is 5.73 Å². The minimum absolute atomic E-state index is 0.137. The maximum atomic E-state index is 6.39. The highest BCUT2D eigenvalue weighted by Gasteiger charge is 2.27. The zero-order chi connectivity index (χ0) is 13.3. The summed E-state index contributed by atoms with van der Waals surface area (Å²) < 4.78 is 0. The van der Waals surface area contributed by atoms with E-state index in [1.165, 1.54) is 29.7 Å². The summed E-state index contributed by atoms with van der Waals surface area (Å²) in [6, 6.07) is 7.40. The van der Waals surface area contributed by atoms with Crippen molar-refractivity contribution in [2.45, 2.75) is 46.2 Å². The number of nitrogens with two attached hydrogens (primary N) is 1. The normalized spacial score (nSPS) is 26.5. The number of aryl methyl sites for hydroxylation is 2. The molecule has 1 fully saturated rings. The van der Waals surface area contributed by atoms with Crippen LogP contribution in [0.1, 0.15) is 43.0 Å². The van der Waals surface area contributed by atoms with Gasteiger partial charge in [0.2, 0.25) is 0 Å². The molecule has 3 atom stereocenters. The molecule has 0 aromatic heterocycles. The zero-order valence-corrected chi connectivity index (χ0v) is 12.1. The predicted octanol–water partition coefficient (Wildman–Crippen LogP) is 3.03. The van der Waals surface area contributed by atoms with Gasteiger partial charge >= 0.3 is 0 Å². The summed E-state index contributed by atoms with van der Waals surface area (Å²) in [5, 5.41) is 0. The van der Waals surface area contributed by atoms with Crippen LogP contribution in [0.4, 0.5) is 0 Å². The Morgan fingerprint density at radius 2 is 2.06 bits per heavy atom. The Bertz CT molecular complexity index is 414. The molecule has 2 nitrogen and oxygen atoms in total. The molecule has 18 heavy (non-hydrogen) atoms. The topological polar surface area (TPSA) is 29.3 Å². The van der Waals surface area contributed by atoms with Crippen molar-refractivity contribution in [3.63, 3.8) is 0 Å². The van der Waals surface area contributed by atoms with Crippen LogP contribution < -0.4 is 5.73 Å². The molecule has 2 heteroatoms. The number of benzene rings is 1. The molecule has 0 amide bonds. The third-order valence-electron chi connectivity index (χ3n) is 4.17. The van der Waals surface area contributed by atoms with Crippen LogP contribution in [0.2, 0.25) is 0 Å². The summed E-state index contributed by atoms with van der Waals surface area (Å²) in [6.45, 7) is 11.1. The molecule has 1 aromatic rings. The van der Waals surface area contributed by atoms with Gasteiger partial charge in [-0.2, -0.15) is 0 Å². The van der Waals surface area contributed by atoms with E-state index >= 15 is 0 Å². The van der Waals surface area contributed by atoms with Crippen LogP contribution in [0.3, 0.4) is 0 Å². The number of hydrogen-bond acceptors (Lipinski definition) is 2. The first kappa shape index (κ1) is 13.6. The van der Waals surface area contributed by atoms with Crippen LogP contribution in [-0.2, 0) is 0 Å². The van der Waals surface area contributed by atoms with Gasteiger partial charge in [0.1, 0.15) is 0 Å². The van der Waals surface area contributed by atoms with Gasteiger partial charge in [-0.15, -0.1) is 0 Å². The van der Waals surface area contributed by atoms with Crippen molar-refractivity contribution in [3.8, 4) is 0 Å². The van der Waals surface area contributed by atoms with E-state index in [1.807, 2.05) is 0 Å². The largest absolute Gasteiger partial charge is 0.323 e. The highest BCUT2D eigenvalue weighted by atomic mass is 15.2. The highest BCUT2D eigenvalue weighted by molar-refractivity contribution is 5.32. The van der Waals surface area contributed by atoms with E-state index in [0.717, 1.165) is 12.5 Å². The van der Waals surface area contributed by atoms with Crippen molar-refractivity contribution in [2.24, 2.45) is 11.7 Å². The van der Waals surface area contributed by atoms with Gasteiger partial charge in [0.15, 0.2) is 0 Å². The molecule has 0 spiro atoms. The summed E-state index contributed by atoms with van der Waals surface area (Å²) in [5.74, 6) is 0.811. The van der Waals surface area contributed by atoms with E-state index < -0.39 is 0 Å². The molecule has 3 unspecified atom stereocenters. The Balaban J connectivity index is 2.05. The van der Waals surface area contributed by atoms with Gasteiger partial charge in [0.25, 0.3) is 0 Å². The first-order valence-electron chi connectivity index (χ1n) is 7.04. The highest BCUT2D eigenvalue weighted by Crippen LogP contribution is 2.25. The molecule has 1 saturated heterocycles. The fraction of sp³-hybridized carbons (Fsp3) is 0.625. The first-order chi connectivity index (χ1) is 8.47. The summed E-state index contributed by atoms with van der Waals surface area (Å²) in [4.78, 5) is 2.54. The van der Waals surface area contributed by atoms with Crippen LogP contribution in [0.15, 0.2) is 18.2 Å². The van der Waals surface area contributed by atoms with Gasteiger partial charge in [-0.1, -0.05) is 30.7 Å². The summed E-state index contributed by atoms with van der Waals surface area (Å²) in [7, 11) is 0. The molecular weight excluding hydrogens is 220 g/mol. The Hall–Kier alpha value is -0.860. The number of likely N-dealkylation sites (tertiary alicyclic amines) is 1. The van der Waals surface area contributed by atoms with Crippen molar-refractivity contribution in [1.29, 1.82) is 0 Å². The van der Waals surface area contributed by atoms with Crippen LogP contribution in [-0.4, -0.2) is 24.0 Å². The van der Waals surface area contributed by atoms with Gasteiger partial charge in [-0.3, -0.25) is 4.90 Å². The van der Waals surface area contributed by atoms with Crippen molar-refractivity contribution in [3.05, 3.63) is 34.9 Å². The zero-order valence-electron chi connectivity index (χ0n) is 12.1. The average molecular weight is 246 g/mol. The first-order valence-corrected chi connectivity index (χ1v) is 7.04. The SMILES string of the molecule is Cc1ccc(C(N)CN2CC(C)CC2C)c(C)c1. The Labute approximate surface area is 111 Å². The minimum Gasteiger partial charge on any atom is -0.323 e. The fourth-order valence-electron chi connectivity index (χ4n) is 3.23. The molecule has 1 aliphatic rings. The Morgan fingerprint density at radius 3 is 2.61 bits per heavy atom. The minimum atomic E-state index is 0.137. The lowest BCUT2D eigenvalue weighted by Gasteiger charge is -2.26. The standard InChI is InChI=1S/C16H26N2/c1-11-5-6-15(13(3)7-11)16(17)10-18-9-12(2)8-14(18)4/h5-7,12,14,16H,8-10,17H2,1-4H3. The van der Waals surface area contributed by atoms with E-state index in [0.29, 0.717) is 6.04 Å². The second kappa shape index (κ2) is 5.41. The lowest BCUT2D eigenvalue weighted by atomic mass is 9.99. The third-order valence-corrected chi connectivity index (χ3v) is 4.17. The second-order valence-electron chi connectivity index (χ2n) is 6.11. The monoisotopic (exact) mass is 246 g/mol. The van der Waals surface area contributed by atoms with Crippen molar-refractivity contribution in [2.75, 3.05) is 13.1 Å². The van der Waals surface area contributed by atoms with E-state index in [1.54, 1.807) is 0 Å². The lowest BCUT2D eigenvalue weighted by molar-refractivity contribution is 0.249. The predicted molar refractivity (Wildman–Crippen MR) is 77.7 cm³/mol. The molecular formula is C16H26N2. The molecule has 1 aromatic carbocycles. The van der Waals surface area contributed by atoms with Crippen LogP contribution in [0.25, 0.3) is 0 Å². The molecule has 0 aliphatic carbocycles. The Morgan fingerprint density at radius 1 is 1.33 bits per heavy atom. The molecule has 0 bridgehead atoms. The van der Waals surface area contributed by atoms with Gasteiger partial charge in [-0.05, 0) is 44.2 Å². The van der Waals surface area contributed by atoms with Crippen molar-refractivity contribution in [1.82, 2.24) is 4.90 Å². The van der Waals surface area contributed by atoms with E-state index in [9.17, 15) is 0 Å². The molecule has 100 valence electrons. The maximum absolute atomic E-state index is 6.39. The number of nitrogens with zero attached hydrogens (tertiary/aromatic N) is 1. The number of hydrogen-bond donors (Lipinski definition) is 1. The molecule has 0 saturated carbocycles. The third kappa shape index (κ3) is 2.93. The van der Waals surface area contributed by atoms with Crippen LogP contribution >= 0.6 is 0 Å². The van der Waals surface area contributed by atoms with E-state index in [-0.39, 0.29) is 6.04 Å². The summed E-state index contributed by atoms with van der Waals surface area (Å²) >= 11 is 0. The second-order valence-corrected chi connectivity index (χ2v) is 6.11.